The Morgan fingerprint density at radius 2 is 2.08 bits per heavy atom. The zero-order valence-electron chi connectivity index (χ0n) is 7.51. The molecule has 12 heavy (non-hydrogen) atoms. The molecule has 1 aromatic rings. The highest BCUT2D eigenvalue weighted by atomic mass is 14.5. The second-order valence-electron chi connectivity index (χ2n) is 3.73. The number of rotatable bonds is 2. The van der Waals surface area contributed by atoms with Gasteiger partial charge in [0.1, 0.15) is 0 Å². The summed E-state index contributed by atoms with van der Waals surface area (Å²) in [6, 6.07) is 6.72. The first kappa shape index (κ1) is 7.81. The first-order valence-corrected chi connectivity index (χ1v) is 4.60. The van der Waals surface area contributed by atoms with Gasteiger partial charge in [0.05, 0.1) is 0 Å². The Morgan fingerprint density at radius 3 is 2.67 bits per heavy atom. The van der Waals surface area contributed by atoms with Gasteiger partial charge < -0.3 is 5.73 Å². The largest absolute Gasteiger partial charge is 0.326 e. The second kappa shape index (κ2) is 2.91. The van der Waals surface area contributed by atoms with Gasteiger partial charge in [-0.25, -0.2) is 0 Å². The molecule has 1 aliphatic carbocycles. The van der Waals surface area contributed by atoms with Crippen molar-refractivity contribution in [1.29, 1.82) is 0 Å². The summed E-state index contributed by atoms with van der Waals surface area (Å²) in [6.07, 6.45) is 2.74. The molecule has 0 amide bonds. The Kier molecular flexibility index (Phi) is 1.89. The van der Waals surface area contributed by atoms with Gasteiger partial charge >= 0.3 is 0 Å². The van der Waals surface area contributed by atoms with Gasteiger partial charge in [-0.1, -0.05) is 23.8 Å². The Morgan fingerprint density at radius 1 is 1.33 bits per heavy atom. The summed E-state index contributed by atoms with van der Waals surface area (Å²) in [5.41, 5.74) is 9.73. The van der Waals surface area contributed by atoms with Crippen LogP contribution in [-0.4, -0.2) is 0 Å². The summed E-state index contributed by atoms with van der Waals surface area (Å²) in [4.78, 5) is 0. The molecule has 1 nitrogen and oxygen atoms in total. The van der Waals surface area contributed by atoms with Gasteiger partial charge in [0.15, 0.2) is 0 Å². The van der Waals surface area contributed by atoms with Gasteiger partial charge in [-0.05, 0) is 36.8 Å². The van der Waals surface area contributed by atoms with E-state index < -0.39 is 0 Å². The van der Waals surface area contributed by atoms with Crippen LogP contribution in [0.1, 0.15) is 35.4 Å². The van der Waals surface area contributed by atoms with Gasteiger partial charge in [-0.3, -0.25) is 0 Å². The van der Waals surface area contributed by atoms with Crippen LogP contribution in [0.25, 0.3) is 0 Å². The van der Waals surface area contributed by atoms with E-state index in [0.717, 1.165) is 5.92 Å². The monoisotopic (exact) mass is 161 g/mol. The van der Waals surface area contributed by atoms with Crippen LogP contribution in [-0.2, 0) is 6.54 Å². The number of hydrogen-bond donors (Lipinski definition) is 1. The van der Waals surface area contributed by atoms with Crippen molar-refractivity contribution in [2.75, 3.05) is 0 Å². The second-order valence-corrected chi connectivity index (χ2v) is 3.73. The smallest absolute Gasteiger partial charge is 0.0178 e. The van der Waals surface area contributed by atoms with Crippen LogP contribution in [0, 0.1) is 6.92 Å². The van der Waals surface area contributed by atoms with Gasteiger partial charge in [-0.2, -0.15) is 0 Å². The highest BCUT2D eigenvalue weighted by Crippen LogP contribution is 2.40. The number of hydrogen-bond acceptors (Lipinski definition) is 1. The lowest BCUT2D eigenvalue weighted by Gasteiger charge is -2.04. The normalized spacial score (nSPS) is 16.5. The Balaban J connectivity index is 2.34. The molecule has 0 saturated heterocycles. The lowest BCUT2D eigenvalue weighted by atomic mass is 10.0. The van der Waals surface area contributed by atoms with Crippen molar-refractivity contribution in [3.8, 4) is 0 Å². The SMILES string of the molecule is Cc1cc(CN)cc(C2CC2)c1. The van der Waals surface area contributed by atoms with Crippen molar-refractivity contribution in [2.45, 2.75) is 32.2 Å². The maximum absolute atomic E-state index is 5.61. The quantitative estimate of drug-likeness (QED) is 0.707. The van der Waals surface area contributed by atoms with E-state index in [2.05, 4.69) is 25.1 Å². The van der Waals surface area contributed by atoms with Gasteiger partial charge in [0, 0.05) is 6.54 Å². The molecule has 1 heteroatoms. The summed E-state index contributed by atoms with van der Waals surface area (Å²) in [5, 5.41) is 0. The first-order valence-electron chi connectivity index (χ1n) is 4.60. The molecular weight excluding hydrogens is 146 g/mol. The number of aryl methyl sites for hydroxylation is 1. The molecule has 0 atom stereocenters. The number of nitrogens with two attached hydrogens (primary N) is 1. The van der Waals surface area contributed by atoms with E-state index in [-0.39, 0.29) is 0 Å². The molecule has 0 aliphatic heterocycles. The summed E-state index contributed by atoms with van der Waals surface area (Å²) in [7, 11) is 0. The fraction of sp³-hybridized carbons (Fsp3) is 0.455. The van der Waals surface area contributed by atoms with Crippen LogP contribution >= 0.6 is 0 Å². The summed E-state index contributed by atoms with van der Waals surface area (Å²) >= 11 is 0. The van der Waals surface area contributed by atoms with Crippen molar-refractivity contribution < 1.29 is 0 Å². The van der Waals surface area contributed by atoms with E-state index in [4.69, 9.17) is 5.73 Å². The molecule has 0 heterocycles. The third-order valence-corrected chi connectivity index (χ3v) is 2.44. The van der Waals surface area contributed by atoms with E-state index in [1.807, 2.05) is 0 Å². The Hall–Kier alpha value is -0.820. The highest BCUT2D eigenvalue weighted by Gasteiger charge is 2.23. The van der Waals surface area contributed by atoms with Crippen molar-refractivity contribution in [2.24, 2.45) is 5.73 Å². The molecule has 1 fully saturated rings. The van der Waals surface area contributed by atoms with E-state index in [1.165, 1.54) is 29.5 Å². The summed E-state index contributed by atoms with van der Waals surface area (Å²) in [6.45, 7) is 2.81. The molecule has 0 spiro atoms. The molecule has 0 unspecified atom stereocenters. The first-order chi connectivity index (χ1) is 5.79. The minimum Gasteiger partial charge on any atom is -0.326 e. The highest BCUT2D eigenvalue weighted by molar-refractivity contribution is 5.33. The average Bonchev–Trinajstić information content (AvgIpc) is 2.85. The molecular formula is C11H15N. The minimum absolute atomic E-state index is 0.668. The minimum atomic E-state index is 0.668. The maximum Gasteiger partial charge on any atom is 0.0178 e. The molecule has 1 aromatic carbocycles. The lowest BCUT2D eigenvalue weighted by molar-refractivity contribution is 1.03. The summed E-state index contributed by atoms with van der Waals surface area (Å²) < 4.78 is 0. The molecule has 1 aliphatic rings. The van der Waals surface area contributed by atoms with Crippen LogP contribution in [0.15, 0.2) is 18.2 Å². The predicted octanol–water partition coefficient (Wildman–Crippen LogP) is 2.33. The zero-order chi connectivity index (χ0) is 8.55. The average molecular weight is 161 g/mol. The molecule has 0 bridgehead atoms. The van der Waals surface area contributed by atoms with Crippen LogP contribution < -0.4 is 5.73 Å². The van der Waals surface area contributed by atoms with Crippen LogP contribution in [0.5, 0.6) is 0 Å². The predicted molar refractivity (Wildman–Crippen MR) is 51.0 cm³/mol. The van der Waals surface area contributed by atoms with Gasteiger partial charge in [0.25, 0.3) is 0 Å². The molecule has 0 aromatic heterocycles. The van der Waals surface area contributed by atoms with Crippen molar-refractivity contribution in [1.82, 2.24) is 0 Å². The van der Waals surface area contributed by atoms with E-state index in [1.54, 1.807) is 0 Å². The van der Waals surface area contributed by atoms with E-state index >= 15 is 0 Å². The fourth-order valence-electron chi connectivity index (χ4n) is 1.66. The van der Waals surface area contributed by atoms with Crippen molar-refractivity contribution in [3.63, 3.8) is 0 Å². The van der Waals surface area contributed by atoms with Crippen molar-refractivity contribution in [3.05, 3.63) is 34.9 Å². The molecule has 1 saturated carbocycles. The van der Waals surface area contributed by atoms with Crippen molar-refractivity contribution >= 4 is 0 Å². The van der Waals surface area contributed by atoms with Crippen LogP contribution in [0.3, 0.4) is 0 Å². The maximum atomic E-state index is 5.61. The Labute approximate surface area is 73.6 Å². The third kappa shape index (κ3) is 1.51. The third-order valence-electron chi connectivity index (χ3n) is 2.44. The molecule has 2 N–H and O–H groups in total. The molecule has 0 radical (unpaired) electrons. The van der Waals surface area contributed by atoms with E-state index in [0.29, 0.717) is 6.54 Å². The lowest BCUT2D eigenvalue weighted by Crippen LogP contribution is -1.97. The molecule has 2 rings (SSSR count). The zero-order valence-corrected chi connectivity index (χ0v) is 7.51. The van der Waals surface area contributed by atoms with Gasteiger partial charge in [0.2, 0.25) is 0 Å². The summed E-state index contributed by atoms with van der Waals surface area (Å²) in [5.74, 6) is 0.843. The van der Waals surface area contributed by atoms with Gasteiger partial charge in [-0.15, -0.1) is 0 Å². The number of benzene rings is 1. The van der Waals surface area contributed by atoms with Crippen LogP contribution in [0.4, 0.5) is 0 Å². The van der Waals surface area contributed by atoms with Crippen LogP contribution in [0.2, 0.25) is 0 Å². The van der Waals surface area contributed by atoms with E-state index in [9.17, 15) is 0 Å². The Bertz CT molecular complexity index is 287. The molecule has 64 valence electrons. The fourth-order valence-corrected chi connectivity index (χ4v) is 1.66. The topological polar surface area (TPSA) is 26.0 Å². The standard InChI is InChI=1S/C11H15N/c1-8-4-9(7-12)6-11(5-8)10-2-3-10/h4-6,10H,2-3,7,12H2,1H3.